The zero-order valence-electron chi connectivity index (χ0n) is 15.8. The minimum Gasteiger partial charge on any atom is -0.497 e. The van der Waals surface area contributed by atoms with E-state index >= 15 is 0 Å². The van der Waals surface area contributed by atoms with Crippen LogP contribution in [-0.4, -0.2) is 37.0 Å². The molecule has 1 saturated heterocycles. The summed E-state index contributed by atoms with van der Waals surface area (Å²) in [5.41, 5.74) is 2.25. The molecule has 2 aromatic rings. The lowest BCUT2D eigenvalue weighted by Crippen LogP contribution is -2.36. The number of halogens is 1. The van der Waals surface area contributed by atoms with Crippen LogP contribution >= 0.6 is 0 Å². The van der Waals surface area contributed by atoms with Crippen LogP contribution in [-0.2, 0) is 17.8 Å². The number of ether oxygens (including phenoxy) is 1. The molecule has 0 bridgehead atoms. The quantitative estimate of drug-likeness (QED) is 0.687. The normalized spacial score (nSPS) is 16.7. The van der Waals surface area contributed by atoms with E-state index in [2.05, 4.69) is 11.4 Å². The molecular formula is C22H27FN2O2. The van der Waals surface area contributed by atoms with Crippen molar-refractivity contribution in [3.8, 4) is 5.75 Å². The molecular weight excluding hydrogens is 343 g/mol. The summed E-state index contributed by atoms with van der Waals surface area (Å²) in [6, 6.07) is 14.8. The third kappa shape index (κ3) is 5.54. The van der Waals surface area contributed by atoms with Gasteiger partial charge in [0.05, 0.1) is 7.11 Å². The van der Waals surface area contributed by atoms with Gasteiger partial charge in [-0.25, -0.2) is 4.39 Å². The van der Waals surface area contributed by atoms with Crippen LogP contribution in [0.2, 0.25) is 0 Å². The second kappa shape index (κ2) is 9.51. The molecule has 1 heterocycles. The molecule has 1 fully saturated rings. The molecule has 1 aliphatic heterocycles. The van der Waals surface area contributed by atoms with Gasteiger partial charge in [-0.3, -0.25) is 4.79 Å². The van der Waals surface area contributed by atoms with Crippen molar-refractivity contribution in [1.29, 1.82) is 0 Å². The number of likely N-dealkylation sites (tertiary alicyclic amines) is 1. The highest BCUT2D eigenvalue weighted by Gasteiger charge is 2.29. The Morgan fingerprint density at radius 1 is 1.19 bits per heavy atom. The van der Waals surface area contributed by atoms with Gasteiger partial charge in [0.15, 0.2) is 0 Å². The van der Waals surface area contributed by atoms with Crippen molar-refractivity contribution in [2.24, 2.45) is 0 Å². The lowest BCUT2D eigenvalue weighted by Gasteiger charge is -2.25. The fourth-order valence-electron chi connectivity index (χ4n) is 3.59. The highest BCUT2D eigenvalue weighted by molar-refractivity contribution is 5.78. The number of rotatable bonds is 9. The Morgan fingerprint density at radius 3 is 2.78 bits per heavy atom. The Labute approximate surface area is 160 Å². The second-order valence-corrected chi connectivity index (χ2v) is 6.97. The van der Waals surface area contributed by atoms with Gasteiger partial charge in [-0.1, -0.05) is 24.3 Å². The van der Waals surface area contributed by atoms with Crippen molar-refractivity contribution in [3.63, 3.8) is 0 Å². The van der Waals surface area contributed by atoms with Gasteiger partial charge in [0.2, 0.25) is 5.91 Å². The van der Waals surface area contributed by atoms with Gasteiger partial charge in [0.1, 0.15) is 11.6 Å². The summed E-state index contributed by atoms with van der Waals surface area (Å²) in [5.74, 6) is 0.869. The highest BCUT2D eigenvalue weighted by Crippen LogP contribution is 2.22. The van der Waals surface area contributed by atoms with Crippen LogP contribution in [0, 0.1) is 5.82 Å². The number of nitrogens with one attached hydrogen (secondary N) is 1. The molecule has 1 unspecified atom stereocenters. The van der Waals surface area contributed by atoms with Gasteiger partial charge < -0.3 is 15.0 Å². The van der Waals surface area contributed by atoms with Crippen LogP contribution in [0.5, 0.6) is 5.75 Å². The van der Waals surface area contributed by atoms with Crippen LogP contribution in [0.3, 0.4) is 0 Å². The molecule has 1 aliphatic rings. The summed E-state index contributed by atoms with van der Waals surface area (Å²) in [7, 11) is 1.67. The average Bonchev–Trinajstić information content (AvgIpc) is 3.04. The average molecular weight is 370 g/mol. The molecule has 0 aromatic heterocycles. The number of amides is 1. The predicted molar refractivity (Wildman–Crippen MR) is 104 cm³/mol. The van der Waals surface area contributed by atoms with Crippen molar-refractivity contribution in [1.82, 2.24) is 10.2 Å². The monoisotopic (exact) mass is 370 g/mol. The fraction of sp³-hybridized carbons (Fsp3) is 0.409. The van der Waals surface area contributed by atoms with E-state index < -0.39 is 0 Å². The first-order valence-corrected chi connectivity index (χ1v) is 9.53. The van der Waals surface area contributed by atoms with E-state index in [4.69, 9.17) is 4.74 Å². The highest BCUT2D eigenvalue weighted by atomic mass is 19.1. The van der Waals surface area contributed by atoms with E-state index in [1.54, 1.807) is 19.2 Å². The SMILES string of the molecule is COc1cccc(CNCCC2CCC(=O)N2CCc2ccc(F)cc2)c1. The van der Waals surface area contributed by atoms with Crippen molar-refractivity contribution in [3.05, 3.63) is 65.5 Å². The van der Waals surface area contributed by atoms with Crippen molar-refractivity contribution < 1.29 is 13.9 Å². The molecule has 5 heteroatoms. The van der Waals surface area contributed by atoms with Crippen LogP contribution in [0.15, 0.2) is 48.5 Å². The van der Waals surface area contributed by atoms with Gasteiger partial charge in [0.25, 0.3) is 0 Å². The first-order valence-electron chi connectivity index (χ1n) is 9.53. The summed E-state index contributed by atoms with van der Waals surface area (Å²) >= 11 is 0. The van der Waals surface area contributed by atoms with Gasteiger partial charge in [-0.15, -0.1) is 0 Å². The van der Waals surface area contributed by atoms with E-state index in [1.165, 1.54) is 17.7 Å². The molecule has 0 spiro atoms. The summed E-state index contributed by atoms with van der Waals surface area (Å²) in [4.78, 5) is 14.2. The predicted octanol–water partition coefficient (Wildman–Crippen LogP) is 3.55. The lowest BCUT2D eigenvalue weighted by atomic mass is 10.1. The van der Waals surface area contributed by atoms with E-state index in [0.29, 0.717) is 13.0 Å². The number of carbonyl (C=O) groups is 1. The zero-order chi connectivity index (χ0) is 19.1. The molecule has 27 heavy (non-hydrogen) atoms. The minimum absolute atomic E-state index is 0.226. The third-order valence-corrected chi connectivity index (χ3v) is 5.12. The number of nitrogens with zero attached hydrogens (tertiary/aromatic N) is 1. The smallest absolute Gasteiger partial charge is 0.222 e. The van der Waals surface area contributed by atoms with Crippen LogP contribution in [0.25, 0.3) is 0 Å². The molecule has 144 valence electrons. The Morgan fingerprint density at radius 2 is 2.00 bits per heavy atom. The van der Waals surface area contributed by atoms with Crippen LogP contribution in [0.4, 0.5) is 4.39 Å². The molecule has 0 radical (unpaired) electrons. The molecule has 1 atom stereocenters. The Hall–Kier alpha value is -2.40. The summed E-state index contributed by atoms with van der Waals surface area (Å²) in [6.45, 7) is 2.35. The number of carbonyl (C=O) groups excluding carboxylic acids is 1. The van der Waals surface area contributed by atoms with E-state index in [0.717, 1.165) is 43.7 Å². The maximum atomic E-state index is 13.0. The van der Waals surface area contributed by atoms with Gasteiger partial charge in [-0.2, -0.15) is 0 Å². The summed E-state index contributed by atoms with van der Waals surface area (Å²) in [6.07, 6.45) is 3.26. The maximum absolute atomic E-state index is 13.0. The maximum Gasteiger partial charge on any atom is 0.222 e. The second-order valence-electron chi connectivity index (χ2n) is 6.97. The topological polar surface area (TPSA) is 41.6 Å². The van der Waals surface area contributed by atoms with Gasteiger partial charge in [-0.05, 0) is 61.2 Å². The van der Waals surface area contributed by atoms with Gasteiger partial charge in [0, 0.05) is 25.6 Å². The van der Waals surface area contributed by atoms with E-state index in [1.807, 2.05) is 23.1 Å². The Balaban J connectivity index is 1.44. The van der Waals surface area contributed by atoms with Crippen molar-refractivity contribution >= 4 is 5.91 Å². The fourth-order valence-corrected chi connectivity index (χ4v) is 3.59. The standard InChI is InChI=1S/C22H27FN2O2/c1-27-21-4-2-3-18(15-21)16-24-13-11-20-9-10-22(26)25(20)14-12-17-5-7-19(23)8-6-17/h2-8,15,20,24H,9-14,16H2,1H3. The van der Waals surface area contributed by atoms with E-state index in [-0.39, 0.29) is 17.8 Å². The molecule has 1 amide bonds. The molecule has 3 rings (SSSR count). The zero-order valence-corrected chi connectivity index (χ0v) is 15.8. The van der Waals surface area contributed by atoms with Crippen molar-refractivity contribution in [2.75, 3.05) is 20.2 Å². The van der Waals surface area contributed by atoms with Crippen LogP contribution in [0.1, 0.15) is 30.4 Å². The number of methoxy groups -OCH3 is 1. The number of benzene rings is 2. The van der Waals surface area contributed by atoms with Crippen LogP contribution < -0.4 is 10.1 Å². The molecule has 0 saturated carbocycles. The molecule has 1 N–H and O–H groups in total. The summed E-state index contributed by atoms with van der Waals surface area (Å²) in [5, 5.41) is 3.46. The molecule has 2 aromatic carbocycles. The third-order valence-electron chi connectivity index (χ3n) is 5.12. The minimum atomic E-state index is -0.226. The Bertz CT molecular complexity index is 748. The molecule has 0 aliphatic carbocycles. The summed E-state index contributed by atoms with van der Waals surface area (Å²) < 4.78 is 18.3. The van der Waals surface area contributed by atoms with E-state index in [9.17, 15) is 9.18 Å². The first-order chi connectivity index (χ1) is 13.2. The number of hydrogen-bond donors (Lipinski definition) is 1. The first kappa shape index (κ1) is 19.4. The lowest BCUT2D eigenvalue weighted by molar-refractivity contribution is -0.129. The molecule has 4 nitrogen and oxygen atoms in total. The Kier molecular flexibility index (Phi) is 6.82. The van der Waals surface area contributed by atoms with Gasteiger partial charge >= 0.3 is 0 Å². The van der Waals surface area contributed by atoms with Crippen molar-refractivity contribution in [2.45, 2.75) is 38.3 Å². The largest absolute Gasteiger partial charge is 0.497 e. The number of hydrogen-bond acceptors (Lipinski definition) is 3.